The molecule has 0 bridgehead atoms. The lowest BCUT2D eigenvalue weighted by Gasteiger charge is -2.12. The van der Waals surface area contributed by atoms with Crippen molar-refractivity contribution in [3.63, 3.8) is 0 Å². The van der Waals surface area contributed by atoms with Crippen LogP contribution in [0.15, 0.2) is 146 Å². The normalized spacial score (nSPS) is 11.5. The van der Waals surface area contributed by atoms with E-state index in [1.807, 2.05) is 22.7 Å². The van der Waals surface area contributed by atoms with Gasteiger partial charge in [-0.05, 0) is 56.6 Å². The van der Waals surface area contributed by atoms with Crippen LogP contribution in [0, 0.1) is 0 Å². The van der Waals surface area contributed by atoms with Crippen LogP contribution in [0.25, 0.3) is 84.9 Å². The quantitative estimate of drug-likeness (QED) is 0.178. The molecule has 0 saturated heterocycles. The first-order valence-corrected chi connectivity index (χ1v) is 17.6. The van der Waals surface area contributed by atoms with Crippen LogP contribution in [0.1, 0.15) is 0 Å². The van der Waals surface area contributed by atoms with Gasteiger partial charge in [-0.3, -0.25) is 0 Å². The van der Waals surface area contributed by atoms with Crippen molar-refractivity contribution in [2.24, 2.45) is 0 Å². The summed E-state index contributed by atoms with van der Waals surface area (Å²) in [5.41, 5.74) is 9.71. The van der Waals surface area contributed by atoms with Gasteiger partial charge < -0.3 is 9.47 Å². The number of hydrogen-bond acceptors (Lipinski definition) is 4. The summed E-state index contributed by atoms with van der Waals surface area (Å²) in [6.07, 6.45) is 0. The van der Waals surface area contributed by atoms with E-state index in [1.54, 1.807) is 14.2 Å². The van der Waals surface area contributed by atoms with Gasteiger partial charge in [-0.25, -0.2) is 0 Å². The molecule has 2 nitrogen and oxygen atoms in total. The van der Waals surface area contributed by atoms with E-state index >= 15 is 0 Å². The van der Waals surface area contributed by atoms with Crippen molar-refractivity contribution in [3.8, 4) is 56.0 Å². The first-order valence-electron chi connectivity index (χ1n) is 16.0. The topological polar surface area (TPSA) is 18.5 Å². The van der Waals surface area contributed by atoms with Crippen molar-refractivity contribution in [3.05, 3.63) is 146 Å². The smallest absolute Gasteiger partial charge is 0.170 e. The fraction of sp³-hybridized carbons (Fsp3) is 0.0455. The molecule has 0 radical (unpaired) electrons. The molecular weight excluding hydrogens is 625 g/mol. The Hall–Kier alpha value is -5.42. The molecule has 4 heteroatoms. The Bertz CT molecular complexity index is 2410. The molecular formula is C44H30O2S2. The Balaban J connectivity index is 1.17. The number of methoxy groups -OCH3 is 2. The van der Waals surface area contributed by atoms with Crippen LogP contribution in [0.2, 0.25) is 0 Å². The molecule has 0 unspecified atom stereocenters. The van der Waals surface area contributed by atoms with Crippen LogP contribution >= 0.6 is 22.7 Å². The monoisotopic (exact) mass is 654 g/mol. The van der Waals surface area contributed by atoms with Gasteiger partial charge in [0.15, 0.2) is 11.5 Å². The molecule has 0 spiro atoms. The number of rotatable bonds is 6. The maximum Gasteiger partial charge on any atom is 0.170 e. The lowest BCUT2D eigenvalue weighted by molar-refractivity contribution is 0.362. The summed E-state index contributed by atoms with van der Waals surface area (Å²) in [5.74, 6) is 1.60. The van der Waals surface area contributed by atoms with Crippen molar-refractivity contribution < 1.29 is 9.47 Å². The molecule has 0 atom stereocenters. The molecule has 0 aliphatic carbocycles. The Labute approximate surface area is 287 Å². The van der Waals surface area contributed by atoms with E-state index in [2.05, 4.69) is 146 Å². The summed E-state index contributed by atoms with van der Waals surface area (Å²) in [7, 11) is 3.50. The highest BCUT2D eigenvalue weighted by molar-refractivity contribution is 7.33. The molecule has 0 aliphatic heterocycles. The van der Waals surface area contributed by atoms with Gasteiger partial charge in [0, 0.05) is 30.9 Å². The maximum absolute atomic E-state index is 6.14. The van der Waals surface area contributed by atoms with E-state index in [-0.39, 0.29) is 0 Å². The molecule has 230 valence electrons. The van der Waals surface area contributed by atoms with E-state index in [1.165, 1.54) is 74.1 Å². The van der Waals surface area contributed by atoms with Crippen LogP contribution in [-0.2, 0) is 0 Å². The summed E-state index contributed by atoms with van der Waals surface area (Å²) in [5, 5.41) is 4.62. The Morgan fingerprint density at radius 3 is 1.02 bits per heavy atom. The third kappa shape index (κ3) is 4.68. The molecule has 7 aromatic carbocycles. The average molecular weight is 655 g/mol. The molecule has 2 aromatic heterocycles. The van der Waals surface area contributed by atoms with Gasteiger partial charge >= 0.3 is 0 Å². The second-order valence-electron chi connectivity index (χ2n) is 12.0. The van der Waals surface area contributed by atoms with Gasteiger partial charge in [-0.2, -0.15) is 0 Å². The summed E-state index contributed by atoms with van der Waals surface area (Å²) < 4.78 is 17.2. The fourth-order valence-electron chi connectivity index (χ4n) is 6.91. The van der Waals surface area contributed by atoms with Gasteiger partial charge in [0.25, 0.3) is 0 Å². The zero-order valence-electron chi connectivity index (χ0n) is 26.5. The highest BCUT2D eigenvalue weighted by Crippen LogP contribution is 2.54. The molecule has 0 amide bonds. The summed E-state index contributed by atoms with van der Waals surface area (Å²) in [6, 6.07) is 52.3. The maximum atomic E-state index is 6.14. The summed E-state index contributed by atoms with van der Waals surface area (Å²) >= 11 is 3.68. The molecule has 48 heavy (non-hydrogen) atoms. The van der Waals surface area contributed by atoms with Crippen LogP contribution < -0.4 is 9.47 Å². The van der Waals surface area contributed by atoms with Crippen molar-refractivity contribution in [2.45, 2.75) is 0 Å². The SMILES string of the molecule is COc1c(OC)c2c3ccc(-c4ccc(-c5ccccc5)cc4)cc3sc2c2sc3cc(-c4ccc(-c5ccccc5)cc4)ccc3c12. The highest BCUT2D eigenvalue weighted by Gasteiger charge is 2.24. The lowest BCUT2D eigenvalue weighted by atomic mass is 9.98. The van der Waals surface area contributed by atoms with Crippen molar-refractivity contribution in [1.29, 1.82) is 0 Å². The second kappa shape index (κ2) is 11.7. The van der Waals surface area contributed by atoms with E-state index in [0.29, 0.717) is 0 Å². The third-order valence-corrected chi connectivity index (χ3v) is 11.8. The number of benzene rings is 7. The van der Waals surface area contributed by atoms with Crippen LogP contribution in [0.3, 0.4) is 0 Å². The largest absolute Gasteiger partial charge is 0.492 e. The molecule has 9 rings (SSSR count). The van der Waals surface area contributed by atoms with Crippen molar-refractivity contribution in [1.82, 2.24) is 0 Å². The molecule has 9 aromatic rings. The lowest BCUT2D eigenvalue weighted by Crippen LogP contribution is -1.92. The minimum atomic E-state index is 0.798. The highest BCUT2D eigenvalue weighted by atomic mass is 32.1. The minimum Gasteiger partial charge on any atom is -0.492 e. The number of thiophene rings is 2. The van der Waals surface area contributed by atoms with Crippen molar-refractivity contribution >= 4 is 63.0 Å². The van der Waals surface area contributed by atoms with E-state index < -0.39 is 0 Å². The number of fused-ring (bicyclic) bond motifs is 7. The summed E-state index contributed by atoms with van der Waals surface area (Å²) in [6.45, 7) is 0. The number of ether oxygens (including phenoxy) is 2. The first kappa shape index (κ1) is 28.8. The fourth-order valence-corrected chi connectivity index (χ4v) is 9.53. The van der Waals surface area contributed by atoms with Gasteiger partial charge in [0.2, 0.25) is 0 Å². The molecule has 0 aliphatic rings. The second-order valence-corrected chi connectivity index (χ2v) is 14.1. The molecule has 0 N–H and O–H groups in total. The minimum absolute atomic E-state index is 0.798. The van der Waals surface area contributed by atoms with E-state index in [0.717, 1.165) is 22.3 Å². The van der Waals surface area contributed by atoms with Crippen LogP contribution in [0.4, 0.5) is 0 Å². The molecule has 0 fully saturated rings. The molecule has 0 saturated carbocycles. The third-order valence-electron chi connectivity index (χ3n) is 9.31. The zero-order valence-corrected chi connectivity index (χ0v) is 28.1. The van der Waals surface area contributed by atoms with Gasteiger partial charge in [-0.15, -0.1) is 22.7 Å². The van der Waals surface area contributed by atoms with E-state index in [9.17, 15) is 0 Å². The Kier molecular flexibility index (Phi) is 7.00. The number of hydrogen-bond donors (Lipinski definition) is 0. The van der Waals surface area contributed by atoms with Crippen LogP contribution in [0.5, 0.6) is 11.5 Å². The molecule has 2 heterocycles. The zero-order chi connectivity index (χ0) is 32.2. The van der Waals surface area contributed by atoms with E-state index in [4.69, 9.17) is 9.47 Å². The van der Waals surface area contributed by atoms with Gasteiger partial charge in [0.05, 0.1) is 23.6 Å². The van der Waals surface area contributed by atoms with Crippen LogP contribution in [-0.4, -0.2) is 14.2 Å². The first-order chi connectivity index (χ1) is 23.7. The predicted octanol–water partition coefficient (Wildman–Crippen LogP) is 13.1. The average Bonchev–Trinajstić information content (AvgIpc) is 3.73. The van der Waals surface area contributed by atoms with Gasteiger partial charge in [0.1, 0.15) is 0 Å². The van der Waals surface area contributed by atoms with Crippen molar-refractivity contribution in [2.75, 3.05) is 14.2 Å². The summed E-state index contributed by atoms with van der Waals surface area (Å²) in [4.78, 5) is 0. The van der Waals surface area contributed by atoms with Gasteiger partial charge in [-0.1, -0.05) is 133 Å². The Morgan fingerprint density at radius 1 is 0.354 bits per heavy atom. The standard InChI is InChI=1S/C44H30O2S2/c1-45-41-39-35-23-21-33(31-17-13-29(14-18-31)27-9-5-3-6-10-27)25-37(35)47-43(39)44-40(42(41)46-2)36-24-22-34(26-38(36)48-44)32-19-15-30(16-20-32)28-11-7-4-8-12-28/h3-26H,1-2H3. The predicted molar refractivity (Wildman–Crippen MR) is 207 cm³/mol. The Morgan fingerprint density at radius 2 is 0.667 bits per heavy atom.